The molecule has 21 heavy (non-hydrogen) atoms. The van der Waals surface area contributed by atoms with Crippen molar-refractivity contribution in [2.24, 2.45) is 0 Å². The summed E-state index contributed by atoms with van der Waals surface area (Å²) < 4.78 is 11.3. The lowest BCUT2D eigenvalue weighted by Crippen LogP contribution is -2.12. The van der Waals surface area contributed by atoms with Crippen LogP contribution in [0.4, 0.5) is 0 Å². The van der Waals surface area contributed by atoms with E-state index in [1.54, 1.807) is 0 Å². The Bertz CT molecular complexity index is 754. The van der Waals surface area contributed by atoms with E-state index in [9.17, 15) is 0 Å². The van der Waals surface area contributed by atoms with E-state index in [0.29, 0.717) is 24.9 Å². The predicted molar refractivity (Wildman–Crippen MR) is 78.6 cm³/mol. The molecule has 5 heteroatoms. The van der Waals surface area contributed by atoms with E-state index >= 15 is 0 Å². The molecule has 4 rings (SSSR count). The molecule has 0 aliphatic heterocycles. The number of hydrogen-bond acceptors (Lipinski definition) is 5. The third kappa shape index (κ3) is 2.39. The maximum atomic E-state index is 5.64. The highest BCUT2D eigenvalue weighted by Crippen LogP contribution is 2.16. The van der Waals surface area contributed by atoms with Gasteiger partial charge in [-0.2, -0.15) is 0 Å². The van der Waals surface area contributed by atoms with Gasteiger partial charge in [-0.3, -0.25) is 0 Å². The highest BCUT2D eigenvalue weighted by atomic mass is 16.4. The number of aromatic nitrogens is 2. The molecule has 0 aliphatic carbocycles. The quantitative estimate of drug-likeness (QED) is 0.621. The number of fused-ring (bicyclic) bond motifs is 2. The Morgan fingerprint density at radius 2 is 1.19 bits per heavy atom. The highest BCUT2D eigenvalue weighted by Gasteiger charge is 2.07. The fraction of sp³-hybridized carbons (Fsp3) is 0.125. The third-order valence-electron chi connectivity index (χ3n) is 3.23. The van der Waals surface area contributed by atoms with Gasteiger partial charge < -0.3 is 14.2 Å². The molecular formula is C16H13N3O2. The molecule has 0 fully saturated rings. The Kier molecular flexibility index (Phi) is 2.90. The standard InChI is InChI=1S/C16H13N3O2/c1-3-7-13-11(5-1)18-15(20-13)9-17-10-16-19-12-6-2-4-8-14(12)21-16/h1-8,17H,9-10H2. The van der Waals surface area contributed by atoms with Crippen molar-refractivity contribution in [3.8, 4) is 0 Å². The van der Waals surface area contributed by atoms with Crippen LogP contribution in [0, 0.1) is 0 Å². The number of hydrogen-bond donors (Lipinski definition) is 1. The van der Waals surface area contributed by atoms with Crippen LogP contribution in [0.15, 0.2) is 57.4 Å². The summed E-state index contributed by atoms with van der Waals surface area (Å²) in [6, 6.07) is 15.4. The van der Waals surface area contributed by atoms with Crippen LogP contribution >= 0.6 is 0 Å². The molecule has 0 aliphatic rings. The zero-order valence-corrected chi connectivity index (χ0v) is 11.2. The summed E-state index contributed by atoms with van der Waals surface area (Å²) >= 11 is 0. The normalized spacial score (nSPS) is 11.4. The van der Waals surface area contributed by atoms with Gasteiger partial charge in [-0.1, -0.05) is 24.3 Å². The molecule has 0 unspecified atom stereocenters. The number of para-hydroxylation sites is 4. The summed E-state index contributed by atoms with van der Waals surface area (Å²) in [5, 5.41) is 3.23. The van der Waals surface area contributed by atoms with Gasteiger partial charge in [0.05, 0.1) is 13.1 Å². The number of nitrogens with one attached hydrogen (secondary N) is 1. The maximum absolute atomic E-state index is 5.64. The Balaban J connectivity index is 1.44. The Labute approximate surface area is 120 Å². The first-order chi connectivity index (χ1) is 10.4. The summed E-state index contributed by atoms with van der Waals surface area (Å²) in [6.45, 7) is 1.07. The van der Waals surface area contributed by atoms with Crippen molar-refractivity contribution in [3.05, 3.63) is 60.3 Å². The van der Waals surface area contributed by atoms with Crippen LogP contribution < -0.4 is 5.32 Å². The van der Waals surface area contributed by atoms with Crippen molar-refractivity contribution in [1.82, 2.24) is 15.3 Å². The van der Waals surface area contributed by atoms with Gasteiger partial charge >= 0.3 is 0 Å². The molecule has 0 saturated heterocycles. The van der Waals surface area contributed by atoms with E-state index in [1.165, 1.54) is 0 Å². The van der Waals surface area contributed by atoms with Gasteiger partial charge in [0.25, 0.3) is 0 Å². The number of benzene rings is 2. The molecule has 4 aromatic rings. The first-order valence-corrected chi connectivity index (χ1v) is 6.78. The van der Waals surface area contributed by atoms with Crippen molar-refractivity contribution in [3.63, 3.8) is 0 Å². The second-order valence-corrected chi connectivity index (χ2v) is 4.75. The average molecular weight is 279 g/mol. The van der Waals surface area contributed by atoms with Crippen LogP contribution in [-0.2, 0) is 13.1 Å². The van der Waals surface area contributed by atoms with E-state index in [-0.39, 0.29) is 0 Å². The molecule has 2 heterocycles. The topological polar surface area (TPSA) is 64.1 Å². The largest absolute Gasteiger partial charge is 0.439 e. The summed E-state index contributed by atoms with van der Waals surface area (Å²) in [5.41, 5.74) is 3.35. The second kappa shape index (κ2) is 5.03. The molecule has 0 radical (unpaired) electrons. The maximum Gasteiger partial charge on any atom is 0.209 e. The summed E-state index contributed by atoms with van der Waals surface area (Å²) in [4.78, 5) is 8.81. The van der Waals surface area contributed by atoms with Crippen molar-refractivity contribution < 1.29 is 8.83 Å². The smallest absolute Gasteiger partial charge is 0.209 e. The van der Waals surface area contributed by atoms with Gasteiger partial charge in [0, 0.05) is 0 Å². The lowest BCUT2D eigenvalue weighted by atomic mass is 10.3. The Morgan fingerprint density at radius 3 is 1.67 bits per heavy atom. The lowest BCUT2D eigenvalue weighted by Gasteiger charge is -1.96. The van der Waals surface area contributed by atoms with Crippen LogP contribution in [-0.4, -0.2) is 9.97 Å². The summed E-state index contributed by atoms with van der Waals surface area (Å²) in [7, 11) is 0. The van der Waals surface area contributed by atoms with Gasteiger partial charge in [-0.25, -0.2) is 9.97 Å². The van der Waals surface area contributed by atoms with Gasteiger partial charge in [0.15, 0.2) is 11.2 Å². The third-order valence-corrected chi connectivity index (χ3v) is 3.23. The van der Waals surface area contributed by atoms with E-state index < -0.39 is 0 Å². The minimum atomic E-state index is 0.535. The van der Waals surface area contributed by atoms with Gasteiger partial charge in [-0.05, 0) is 24.3 Å². The molecule has 0 bridgehead atoms. The number of oxazole rings is 2. The molecule has 1 N–H and O–H groups in total. The molecular weight excluding hydrogens is 266 g/mol. The monoisotopic (exact) mass is 279 g/mol. The molecule has 0 spiro atoms. The van der Waals surface area contributed by atoms with E-state index in [2.05, 4.69) is 15.3 Å². The molecule has 2 aromatic carbocycles. The van der Waals surface area contributed by atoms with Gasteiger partial charge in [-0.15, -0.1) is 0 Å². The Morgan fingerprint density at radius 1 is 0.714 bits per heavy atom. The van der Waals surface area contributed by atoms with E-state index in [0.717, 1.165) is 22.2 Å². The fourth-order valence-corrected chi connectivity index (χ4v) is 2.27. The van der Waals surface area contributed by atoms with Crippen molar-refractivity contribution in [1.29, 1.82) is 0 Å². The van der Waals surface area contributed by atoms with Crippen LogP contribution in [0.5, 0.6) is 0 Å². The SMILES string of the molecule is c1ccc2oc(CNCc3nc4ccccc4o3)nc2c1. The van der Waals surface area contributed by atoms with Crippen molar-refractivity contribution in [2.75, 3.05) is 0 Å². The summed E-state index contributed by atoms with van der Waals surface area (Å²) in [6.07, 6.45) is 0. The second-order valence-electron chi connectivity index (χ2n) is 4.75. The minimum absolute atomic E-state index is 0.535. The van der Waals surface area contributed by atoms with E-state index in [4.69, 9.17) is 8.83 Å². The number of rotatable bonds is 4. The zero-order chi connectivity index (χ0) is 14.1. The Hall–Kier alpha value is -2.66. The molecule has 0 amide bonds. The molecule has 5 nitrogen and oxygen atoms in total. The van der Waals surface area contributed by atoms with Crippen LogP contribution in [0.1, 0.15) is 11.8 Å². The minimum Gasteiger partial charge on any atom is -0.439 e. The summed E-state index contributed by atoms with van der Waals surface area (Å²) in [5.74, 6) is 1.32. The van der Waals surface area contributed by atoms with Crippen molar-refractivity contribution >= 4 is 22.2 Å². The molecule has 0 atom stereocenters. The first-order valence-electron chi connectivity index (χ1n) is 6.78. The van der Waals surface area contributed by atoms with Crippen molar-refractivity contribution in [2.45, 2.75) is 13.1 Å². The zero-order valence-electron chi connectivity index (χ0n) is 11.2. The fourth-order valence-electron chi connectivity index (χ4n) is 2.27. The highest BCUT2D eigenvalue weighted by molar-refractivity contribution is 5.72. The lowest BCUT2D eigenvalue weighted by molar-refractivity contribution is 0.458. The molecule has 0 saturated carbocycles. The van der Waals surface area contributed by atoms with Gasteiger partial charge in [0.1, 0.15) is 11.0 Å². The van der Waals surface area contributed by atoms with Crippen LogP contribution in [0.3, 0.4) is 0 Å². The van der Waals surface area contributed by atoms with Crippen LogP contribution in [0.2, 0.25) is 0 Å². The number of nitrogens with zero attached hydrogens (tertiary/aromatic N) is 2. The first kappa shape index (κ1) is 12.1. The molecule has 104 valence electrons. The van der Waals surface area contributed by atoms with E-state index in [1.807, 2.05) is 48.5 Å². The predicted octanol–water partition coefficient (Wildman–Crippen LogP) is 3.26. The van der Waals surface area contributed by atoms with Gasteiger partial charge in [0.2, 0.25) is 11.8 Å². The molecule has 2 aromatic heterocycles. The average Bonchev–Trinajstić information content (AvgIpc) is 3.09. The van der Waals surface area contributed by atoms with Crippen LogP contribution in [0.25, 0.3) is 22.2 Å².